The highest BCUT2D eigenvalue weighted by molar-refractivity contribution is 7.89. The lowest BCUT2D eigenvalue weighted by Crippen LogP contribution is -2.26. The number of para-hydroxylation sites is 1. The third-order valence-corrected chi connectivity index (χ3v) is 4.86. The van der Waals surface area contributed by atoms with Gasteiger partial charge in [-0.2, -0.15) is 0 Å². The van der Waals surface area contributed by atoms with Gasteiger partial charge in [-0.1, -0.05) is 26.0 Å². The zero-order valence-corrected chi connectivity index (χ0v) is 10.8. The smallest absolute Gasteiger partial charge is 0.244 e. The van der Waals surface area contributed by atoms with Crippen LogP contribution >= 0.6 is 0 Å². The summed E-state index contributed by atoms with van der Waals surface area (Å²) in [5, 5.41) is 9.51. The molecule has 1 aromatic rings. The molecule has 0 saturated heterocycles. The number of rotatable bonds is 4. The van der Waals surface area contributed by atoms with E-state index in [9.17, 15) is 13.5 Å². The van der Waals surface area contributed by atoms with Crippen LogP contribution in [-0.4, -0.2) is 20.1 Å². The molecule has 0 bridgehead atoms. The second-order valence-corrected chi connectivity index (χ2v) is 6.94. The van der Waals surface area contributed by atoms with Gasteiger partial charge in [0, 0.05) is 6.54 Å². The molecule has 1 fully saturated rings. The molecule has 0 aromatic heterocycles. The molecular weight excluding hydrogens is 238 g/mol. The number of benzene rings is 1. The molecule has 0 radical (unpaired) electrons. The Balaban J connectivity index is 2.08. The molecule has 17 heavy (non-hydrogen) atoms. The average Bonchev–Trinajstić information content (AvgIpc) is 2.84. The van der Waals surface area contributed by atoms with Crippen LogP contribution in [0.15, 0.2) is 29.2 Å². The molecule has 1 unspecified atom stereocenters. The number of hydrogen-bond acceptors (Lipinski definition) is 3. The average molecular weight is 255 g/mol. The molecule has 2 N–H and O–H groups in total. The minimum absolute atomic E-state index is 0.0570. The maximum atomic E-state index is 11.9. The van der Waals surface area contributed by atoms with Gasteiger partial charge in [0.15, 0.2) is 0 Å². The summed E-state index contributed by atoms with van der Waals surface area (Å²) in [6, 6.07) is 5.96. The van der Waals surface area contributed by atoms with Crippen molar-refractivity contribution in [3.8, 4) is 5.75 Å². The van der Waals surface area contributed by atoms with E-state index in [-0.39, 0.29) is 16.1 Å². The van der Waals surface area contributed by atoms with E-state index in [1.54, 1.807) is 12.1 Å². The van der Waals surface area contributed by atoms with Gasteiger partial charge in [0.05, 0.1) is 0 Å². The summed E-state index contributed by atoms with van der Waals surface area (Å²) in [6.07, 6.45) is 1.04. The summed E-state index contributed by atoms with van der Waals surface area (Å²) in [4.78, 5) is -0.0570. The van der Waals surface area contributed by atoms with Gasteiger partial charge in [-0.3, -0.25) is 0 Å². The fourth-order valence-electron chi connectivity index (χ4n) is 1.90. The second-order valence-electron chi connectivity index (χ2n) is 5.21. The molecule has 0 spiro atoms. The summed E-state index contributed by atoms with van der Waals surface area (Å²) in [5.41, 5.74) is 0.237. The highest BCUT2D eigenvalue weighted by atomic mass is 32.2. The van der Waals surface area contributed by atoms with Crippen LogP contribution < -0.4 is 4.72 Å². The van der Waals surface area contributed by atoms with E-state index in [1.165, 1.54) is 12.1 Å². The van der Waals surface area contributed by atoms with Crippen molar-refractivity contribution < 1.29 is 13.5 Å². The molecule has 1 saturated carbocycles. The van der Waals surface area contributed by atoms with E-state index in [1.807, 2.05) is 0 Å². The molecule has 94 valence electrons. The van der Waals surface area contributed by atoms with Crippen molar-refractivity contribution in [2.24, 2.45) is 11.3 Å². The van der Waals surface area contributed by atoms with Crippen molar-refractivity contribution in [2.75, 3.05) is 6.54 Å². The van der Waals surface area contributed by atoms with Gasteiger partial charge in [-0.15, -0.1) is 0 Å². The highest BCUT2D eigenvalue weighted by Gasteiger charge is 2.45. The largest absolute Gasteiger partial charge is 0.507 e. The molecule has 0 heterocycles. The van der Waals surface area contributed by atoms with Crippen molar-refractivity contribution in [2.45, 2.75) is 25.2 Å². The number of phenols is 1. The van der Waals surface area contributed by atoms with Gasteiger partial charge in [0.25, 0.3) is 0 Å². The van der Waals surface area contributed by atoms with Crippen molar-refractivity contribution in [3.63, 3.8) is 0 Å². The van der Waals surface area contributed by atoms with Gasteiger partial charge in [0.2, 0.25) is 10.0 Å². The molecule has 0 aliphatic heterocycles. The SMILES string of the molecule is CC1(C)CC1CNS(=O)(=O)c1ccccc1O. The summed E-state index contributed by atoms with van der Waals surface area (Å²) in [6.45, 7) is 4.67. The van der Waals surface area contributed by atoms with Crippen molar-refractivity contribution in [1.29, 1.82) is 0 Å². The standard InChI is InChI=1S/C12H17NO3S/c1-12(2)7-9(12)8-13-17(15,16)11-6-4-3-5-10(11)14/h3-6,9,13-14H,7-8H2,1-2H3. The maximum absolute atomic E-state index is 11.9. The molecule has 1 aliphatic rings. The van der Waals surface area contributed by atoms with Crippen LogP contribution in [0.25, 0.3) is 0 Å². The highest BCUT2D eigenvalue weighted by Crippen LogP contribution is 2.51. The minimum Gasteiger partial charge on any atom is -0.507 e. The second kappa shape index (κ2) is 3.99. The fraction of sp³-hybridized carbons (Fsp3) is 0.500. The summed E-state index contributed by atoms with van der Waals surface area (Å²) in [7, 11) is -3.60. The topological polar surface area (TPSA) is 66.4 Å². The third kappa shape index (κ3) is 2.61. The number of sulfonamides is 1. The molecule has 1 aliphatic carbocycles. The molecule has 0 amide bonds. The zero-order valence-electron chi connectivity index (χ0n) is 9.97. The Bertz CT molecular complexity index is 522. The summed E-state index contributed by atoms with van der Waals surface area (Å²) in [5.74, 6) is 0.179. The van der Waals surface area contributed by atoms with E-state index in [0.717, 1.165) is 6.42 Å². The Labute approximate surface area is 102 Å². The molecule has 1 atom stereocenters. The lowest BCUT2D eigenvalue weighted by Gasteiger charge is -2.08. The Kier molecular flexibility index (Phi) is 2.91. The maximum Gasteiger partial charge on any atom is 0.244 e. The van der Waals surface area contributed by atoms with Crippen molar-refractivity contribution >= 4 is 10.0 Å². The molecule has 2 rings (SSSR count). The normalized spacial score (nSPS) is 22.4. The predicted molar refractivity (Wildman–Crippen MR) is 65.2 cm³/mol. The van der Waals surface area contributed by atoms with Crippen LogP contribution in [0, 0.1) is 11.3 Å². The number of hydrogen-bond donors (Lipinski definition) is 2. The van der Waals surface area contributed by atoms with Crippen molar-refractivity contribution in [1.82, 2.24) is 4.72 Å². The lowest BCUT2D eigenvalue weighted by molar-refractivity contribution is 0.457. The quantitative estimate of drug-likeness (QED) is 0.861. The van der Waals surface area contributed by atoms with Crippen LogP contribution in [0.3, 0.4) is 0 Å². The van der Waals surface area contributed by atoms with Gasteiger partial charge in [-0.05, 0) is 29.9 Å². The van der Waals surface area contributed by atoms with Gasteiger partial charge in [0.1, 0.15) is 10.6 Å². The van der Waals surface area contributed by atoms with Gasteiger partial charge in [-0.25, -0.2) is 13.1 Å². The summed E-state index contributed by atoms with van der Waals surface area (Å²) < 4.78 is 26.4. The van der Waals surface area contributed by atoms with E-state index in [2.05, 4.69) is 18.6 Å². The van der Waals surface area contributed by atoms with E-state index in [0.29, 0.717) is 12.5 Å². The van der Waals surface area contributed by atoms with Crippen LogP contribution in [0.2, 0.25) is 0 Å². The molecule has 1 aromatic carbocycles. The Morgan fingerprint density at radius 3 is 2.53 bits per heavy atom. The zero-order chi connectivity index (χ0) is 12.7. The molecule has 4 nitrogen and oxygen atoms in total. The molecule has 5 heteroatoms. The predicted octanol–water partition coefficient (Wildman–Crippen LogP) is 1.72. The van der Waals surface area contributed by atoms with Crippen LogP contribution in [0.5, 0.6) is 5.75 Å². The number of phenolic OH excluding ortho intramolecular Hbond substituents is 1. The first kappa shape index (κ1) is 12.4. The first-order valence-corrected chi connectivity index (χ1v) is 7.09. The molecular formula is C12H17NO3S. The van der Waals surface area contributed by atoms with Crippen LogP contribution in [-0.2, 0) is 10.0 Å². The Morgan fingerprint density at radius 2 is 2.00 bits per heavy atom. The van der Waals surface area contributed by atoms with Crippen LogP contribution in [0.4, 0.5) is 0 Å². The van der Waals surface area contributed by atoms with Crippen molar-refractivity contribution in [3.05, 3.63) is 24.3 Å². The number of nitrogens with one attached hydrogen (secondary N) is 1. The Hall–Kier alpha value is -1.07. The first-order valence-electron chi connectivity index (χ1n) is 5.60. The lowest BCUT2D eigenvalue weighted by atomic mass is 10.1. The van der Waals surface area contributed by atoms with E-state index < -0.39 is 10.0 Å². The number of aromatic hydroxyl groups is 1. The van der Waals surface area contributed by atoms with E-state index >= 15 is 0 Å². The Morgan fingerprint density at radius 1 is 1.41 bits per heavy atom. The van der Waals surface area contributed by atoms with Gasteiger partial charge >= 0.3 is 0 Å². The summed E-state index contributed by atoms with van der Waals surface area (Å²) >= 11 is 0. The third-order valence-electron chi connectivity index (χ3n) is 3.39. The first-order chi connectivity index (χ1) is 7.83. The monoisotopic (exact) mass is 255 g/mol. The minimum atomic E-state index is -3.60. The fourth-order valence-corrected chi connectivity index (χ4v) is 3.07. The van der Waals surface area contributed by atoms with Crippen LogP contribution in [0.1, 0.15) is 20.3 Å². The van der Waals surface area contributed by atoms with E-state index in [4.69, 9.17) is 0 Å². The van der Waals surface area contributed by atoms with Gasteiger partial charge < -0.3 is 5.11 Å².